The first-order chi connectivity index (χ1) is 13.5. The summed E-state index contributed by atoms with van der Waals surface area (Å²) >= 11 is 0. The second kappa shape index (κ2) is 7.76. The smallest absolute Gasteiger partial charge is 0.306 e. The summed E-state index contributed by atoms with van der Waals surface area (Å²) in [4.78, 5) is 25.0. The van der Waals surface area contributed by atoms with Gasteiger partial charge in [-0.05, 0) is 81.3 Å². The highest BCUT2D eigenvalue weighted by molar-refractivity contribution is 5.84. The number of amides is 1. The molecule has 0 aliphatic heterocycles. The molecule has 4 fully saturated rings. The minimum atomic E-state index is -0.752. The number of aryl methyl sites for hydroxylation is 1. The largest absolute Gasteiger partial charge is 0.496 e. The number of benzene rings is 1. The number of carbonyl (C=O) groups excluding carboxylic acids is 2. The van der Waals surface area contributed by atoms with E-state index in [0.29, 0.717) is 6.42 Å². The average Bonchev–Trinajstić information content (AvgIpc) is 2.65. The normalized spacial score (nSPS) is 31.3. The number of ether oxygens (including phenoxy) is 2. The van der Waals surface area contributed by atoms with Gasteiger partial charge in [-0.3, -0.25) is 9.59 Å². The lowest BCUT2D eigenvalue weighted by molar-refractivity contribution is -0.156. The van der Waals surface area contributed by atoms with Gasteiger partial charge in [0.15, 0.2) is 6.10 Å². The molecule has 0 saturated heterocycles. The zero-order chi connectivity index (χ0) is 19.7. The van der Waals surface area contributed by atoms with Crippen molar-refractivity contribution < 1.29 is 19.1 Å². The number of nitrogens with one attached hydrogen (secondary N) is 1. The quantitative estimate of drug-likeness (QED) is 0.728. The molecule has 0 heterocycles. The van der Waals surface area contributed by atoms with Crippen LogP contribution in [0.2, 0.25) is 0 Å². The number of rotatable bonds is 7. The van der Waals surface area contributed by atoms with Crippen LogP contribution in [0.4, 0.5) is 0 Å². The molecule has 0 spiro atoms. The Balaban J connectivity index is 1.28. The van der Waals surface area contributed by atoms with Gasteiger partial charge < -0.3 is 14.8 Å². The summed E-state index contributed by atoms with van der Waals surface area (Å²) in [6, 6.07) is 7.64. The molecule has 0 aromatic heterocycles. The number of esters is 1. The molecule has 1 N–H and O–H groups in total. The van der Waals surface area contributed by atoms with E-state index in [4.69, 9.17) is 9.47 Å². The highest BCUT2D eigenvalue weighted by atomic mass is 16.5. The fourth-order valence-corrected chi connectivity index (χ4v) is 6.08. The van der Waals surface area contributed by atoms with Gasteiger partial charge in [0.2, 0.25) is 0 Å². The summed E-state index contributed by atoms with van der Waals surface area (Å²) in [6.07, 6.45) is 7.31. The molecule has 0 radical (unpaired) electrons. The molecule has 1 amide bonds. The van der Waals surface area contributed by atoms with Crippen LogP contribution in [0.3, 0.4) is 0 Å². The van der Waals surface area contributed by atoms with E-state index in [0.717, 1.165) is 48.3 Å². The Morgan fingerprint density at radius 1 is 1.11 bits per heavy atom. The number of methoxy groups -OCH3 is 1. The lowest BCUT2D eigenvalue weighted by Crippen LogP contribution is -2.61. The van der Waals surface area contributed by atoms with Crippen molar-refractivity contribution in [2.24, 2.45) is 17.8 Å². The summed E-state index contributed by atoms with van der Waals surface area (Å²) < 4.78 is 10.7. The van der Waals surface area contributed by atoms with E-state index < -0.39 is 6.10 Å². The van der Waals surface area contributed by atoms with Crippen LogP contribution in [0.25, 0.3) is 0 Å². The summed E-state index contributed by atoms with van der Waals surface area (Å²) in [7, 11) is 1.62. The monoisotopic (exact) mass is 385 g/mol. The Morgan fingerprint density at radius 2 is 1.71 bits per heavy atom. The summed E-state index contributed by atoms with van der Waals surface area (Å²) in [5, 5.41) is 3.29. The van der Waals surface area contributed by atoms with Crippen molar-refractivity contribution in [3.8, 4) is 5.75 Å². The fourth-order valence-electron chi connectivity index (χ4n) is 6.08. The zero-order valence-corrected chi connectivity index (χ0v) is 16.9. The van der Waals surface area contributed by atoms with Gasteiger partial charge in [0, 0.05) is 12.0 Å². The van der Waals surface area contributed by atoms with Crippen LogP contribution in [-0.2, 0) is 20.7 Å². The average molecular weight is 386 g/mol. The van der Waals surface area contributed by atoms with Crippen molar-refractivity contribution in [2.45, 2.75) is 69.9 Å². The van der Waals surface area contributed by atoms with E-state index in [1.807, 2.05) is 24.3 Å². The van der Waals surface area contributed by atoms with Crippen LogP contribution >= 0.6 is 0 Å². The predicted molar refractivity (Wildman–Crippen MR) is 106 cm³/mol. The van der Waals surface area contributed by atoms with E-state index in [1.165, 1.54) is 19.3 Å². The summed E-state index contributed by atoms with van der Waals surface area (Å²) in [5.74, 6) is 2.58. The molecule has 5 heteroatoms. The molecule has 152 valence electrons. The van der Waals surface area contributed by atoms with E-state index in [9.17, 15) is 9.59 Å². The predicted octanol–water partition coefficient (Wildman–Crippen LogP) is 3.64. The Morgan fingerprint density at radius 3 is 2.32 bits per heavy atom. The lowest BCUT2D eigenvalue weighted by Gasteiger charge is -2.57. The summed E-state index contributed by atoms with van der Waals surface area (Å²) in [5.41, 5.74) is 0.914. The topological polar surface area (TPSA) is 64.6 Å². The van der Waals surface area contributed by atoms with Crippen molar-refractivity contribution in [2.75, 3.05) is 7.11 Å². The van der Waals surface area contributed by atoms with Gasteiger partial charge in [-0.25, -0.2) is 0 Å². The molecule has 0 unspecified atom stereocenters. The number of carbonyl (C=O) groups is 2. The molecule has 1 atom stereocenters. The fraction of sp³-hybridized carbons (Fsp3) is 0.652. The van der Waals surface area contributed by atoms with Gasteiger partial charge in [-0.15, -0.1) is 0 Å². The Bertz CT molecular complexity index is 709. The third-order valence-electron chi connectivity index (χ3n) is 6.90. The maximum Gasteiger partial charge on any atom is 0.306 e. The summed E-state index contributed by atoms with van der Waals surface area (Å²) in [6.45, 7) is 1.68. The molecular formula is C23H31NO4. The van der Waals surface area contributed by atoms with Gasteiger partial charge in [0.05, 0.1) is 7.11 Å². The van der Waals surface area contributed by atoms with Crippen LogP contribution in [0, 0.1) is 17.8 Å². The molecule has 5 rings (SSSR count). The lowest BCUT2D eigenvalue weighted by atomic mass is 9.53. The van der Waals surface area contributed by atoms with Crippen LogP contribution in [-0.4, -0.2) is 30.6 Å². The Kier molecular flexibility index (Phi) is 5.35. The van der Waals surface area contributed by atoms with E-state index in [2.05, 4.69) is 5.32 Å². The van der Waals surface area contributed by atoms with Gasteiger partial charge in [-0.1, -0.05) is 18.2 Å². The number of hydrogen-bond acceptors (Lipinski definition) is 4. The zero-order valence-electron chi connectivity index (χ0n) is 16.9. The van der Waals surface area contributed by atoms with Gasteiger partial charge in [0.1, 0.15) is 5.75 Å². The van der Waals surface area contributed by atoms with Crippen LogP contribution in [0.1, 0.15) is 57.4 Å². The minimum Gasteiger partial charge on any atom is -0.496 e. The molecule has 4 aliphatic carbocycles. The van der Waals surface area contributed by atoms with E-state index >= 15 is 0 Å². The highest BCUT2D eigenvalue weighted by Crippen LogP contribution is 2.55. The maximum absolute atomic E-state index is 12.7. The van der Waals surface area contributed by atoms with Crippen molar-refractivity contribution >= 4 is 11.9 Å². The number of para-hydroxylation sites is 1. The molecule has 1 aromatic rings. The first-order valence-electron chi connectivity index (χ1n) is 10.6. The minimum absolute atomic E-state index is 0.0517. The second-order valence-electron chi connectivity index (χ2n) is 9.13. The van der Waals surface area contributed by atoms with Gasteiger partial charge in [-0.2, -0.15) is 0 Å². The standard InChI is InChI=1S/C23H31NO4/c1-15(28-21(25)8-7-19-5-3-4-6-20(19)27-2)22(26)24-23-12-16-9-17(13-23)11-18(10-16)14-23/h3-6,15-18H,7-14H2,1-2H3,(H,24,26)/t15-,16?,17?,18?,23?/m0/s1. The molecule has 4 bridgehead atoms. The number of hydrogen-bond donors (Lipinski definition) is 1. The van der Waals surface area contributed by atoms with Gasteiger partial charge >= 0.3 is 5.97 Å². The van der Waals surface area contributed by atoms with Crippen molar-refractivity contribution in [3.05, 3.63) is 29.8 Å². The van der Waals surface area contributed by atoms with Gasteiger partial charge in [0.25, 0.3) is 5.91 Å². The van der Waals surface area contributed by atoms with Crippen molar-refractivity contribution in [1.29, 1.82) is 0 Å². The van der Waals surface area contributed by atoms with Crippen molar-refractivity contribution in [3.63, 3.8) is 0 Å². The van der Waals surface area contributed by atoms with Crippen LogP contribution in [0.5, 0.6) is 5.75 Å². The van der Waals surface area contributed by atoms with E-state index in [1.54, 1.807) is 14.0 Å². The third kappa shape index (κ3) is 4.03. The molecule has 4 saturated carbocycles. The first-order valence-corrected chi connectivity index (χ1v) is 10.6. The van der Waals surface area contributed by atoms with Crippen molar-refractivity contribution in [1.82, 2.24) is 5.32 Å². The molecule has 28 heavy (non-hydrogen) atoms. The molecule has 5 nitrogen and oxygen atoms in total. The van der Waals surface area contributed by atoms with Crippen LogP contribution < -0.4 is 10.1 Å². The first kappa shape index (κ1) is 19.3. The Hall–Kier alpha value is -2.04. The van der Waals surface area contributed by atoms with E-state index in [-0.39, 0.29) is 23.8 Å². The maximum atomic E-state index is 12.7. The highest BCUT2D eigenvalue weighted by Gasteiger charge is 2.51. The molecule has 4 aliphatic rings. The third-order valence-corrected chi connectivity index (χ3v) is 6.90. The van der Waals surface area contributed by atoms with Crippen LogP contribution in [0.15, 0.2) is 24.3 Å². The Labute approximate surface area is 167 Å². The SMILES string of the molecule is COc1ccccc1CCC(=O)O[C@@H](C)C(=O)NC12CC3CC(CC(C3)C1)C2. The second-order valence-corrected chi connectivity index (χ2v) is 9.13. The molecule has 1 aromatic carbocycles. The molecular weight excluding hydrogens is 354 g/mol.